The van der Waals surface area contributed by atoms with E-state index < -0.39 is 23.8 Å². The third-order valence-electron chi connectivity index (χ3n) is 5.71. The number of nitrogens with one attached hydrogen (secondary N) is 2. The number of hydrogen-bond donors (Lipinski definition) is 3. The maximum Gasteiger partial charge on any atom is 0.341 e. The molecule has 27 heavy (non-hydrogen) atoms. The van der Waals surface area contributed by atoms with Gasteiger partial charge in [0.25, 0.3) is 11.7 Å². The lowest BCUT2D eigenvalue weighted by molar-refractivity contribution is -0.167. The van der Waals surface area contributed by atoms with Crippen molar-refractivity contribution in [3.8, 4) is 0 Å². The predicted octanol–water partition coefficient (Wildman–Crippen LogP) is -1.33. The molecule has 3 heterocycles. The first-order chi connectivity index (χ1) is 13.1. The summed E-state index contributed by atoms with van der Waals surface area (Å²) in [6, 6.07) is 0.522. The average molecular weight is 382 g/mol. The van der Waals surface area contributed by atoms with Gasteiger partial charge >= 0.3 is 5.97 Å². The van der Waals surface area contributed by atoms with E-state index in [4.69, 9.17) is 4.74 Å². The van der Waals surface area contributed by atoms with E-state index in [1.165, 1.54) is 4.90 Å². The van der Waals surface area contributed by atoms with E-state index in [-0.39, 0.29) is 6.10 Å². The Morgan fingerprint density at radius 1 is 0.889 bits per heavy atom. The Morgan fingerprint density at radius 3 is 2.00 bits per heavy atom. The van der Waals surface area contributed by atoms with E-state index in [1.807, 2.05) is 0 Å². The van der Waals surface area contributed by atoms with Crippen molar-refractivity contribution in [1.29, 1.82) is 0 Å². The number of piperazine rings is 1. The van der Waals surface area contributed by atoms with E-state index in [0.717, 1.165) is 52.1 Å². The van der Waals surface area contributed by atoms with Crippen LogP contribution in [0.25, 0.3) is 0 Å². The topological polar surface area (TPSA) is 111 Å². The van der Waals surface area contributed by atoms with Gasteiger partial charge in [-0.25, -0.2) is 4.79 Å². The molecule has 3 aliphatic rings. The molecule has 3 N–H and O–H groups in total. The number of ether oxygens (including phenoxy) is 1. The number of amides is 1. The Balaban J connectivity index is 1.52. The Kier molecular flexibility index (Phi) is 7.17. The number of Topliss-reactive ketones (excluding diaryl/α,β-unsaturated/α-hetero) is 1. The summed E-state index contributed by atoms with van der Waals surface area (Å²) in [7, 11) is 0. The van der Waals surface area contributed by atoms with Crippen molar-refractivity contribution in [1.82, 2.24) is 20.4 Å². The summed E-state index contributed by atoms with van der Waals surface area (Å²) in [5.41, 5.74) is 0. The molecular formula is C18H30N4O5. The third kappa shape index (κ3) is 5.25. The van der Waals surface area contributed by atoms with Crippen LogP contribution in [0, 0.1) is 0 Å². The molecule has 1 atom stereocenters. The molecule has 0 radical (unpaired) electrons. The summed E-state index contributed by atoms with van der Waals surface area (Å²) >= 11 is 0. The van der Waals surface area contributed by atoms with Gasteiger partial charge in [0.15, 0.2) is 0 Å². The molecule has 0 aromatic heterocycles. The van der Waals surface area contributed by atoms with Crippen LogP contribution in [-0.4, -0.2) is 103 Å². The molecule has 1 amide bonds. The third-order valence-corrected chi connectivity index (χ3v) is 5.71. The molecule has 0 aliphatic carbocycles. The van der Waals surface area contributed by atoms with Crippen molar-refractivity contribution in [2.45, 2.75) is 43.9 Å². The fourth-order valence-electron chi connectivity index (χ4n) is 4.09. The lowest BCUT2D eigenvalue weighted by Gasteiger charge is -2.40. The SMILES string of the molecule is O=C(O)C(OC1CCNCC1)C(=O)C(=O)N1CCN(C2CCNCC2)CC1. The van der Waals surface area contributed by atoms with E-state index in [0.29, 0.717) is 32.0 Å². The Morgan fingerprint density at radius 2 is 1.44 bits per heavy atom. The highest BCUT2D eigenvalue weighted by atomic mass is 16.5. The fourth-order valence-corrected chi connectivity index (χ4v) is 4.09. The summed E-state index contributed by atoms with van der Waals surface area (Å²) < 4.78 is 5.49. The Bertz CT molecular complexity index is 538. The first-order valence-corrected chi connectivity index (χ1v) is 9.93. The monoisotopic (exact) mass is 382 g/mol. The number of carboxylic acid groups (broad SMARTS) is 1. The van der Waals surface area contributed by atoms with Crippen LogP contribution < -0.4 is 10.6 Å². The number of aliphatic carboxylic acids is 1. The molecule has 0 aromatic rings. The van der Waals surface area contributed by atoms with Crippen LogP contribution in [0.15, 0.2) is 0 Å². The highest BCUT2D eigenvalue weighted by molar-refractivity contribution is 6.41. The minimum atomic E-state index is -1.71. The van der Waals surface area contributed by atoms with Crippen molar-refractivity contribution in [2.75, 3.05) is 52.4 Å². The maximum atomic E-state index is 12.6. The van der Waals surface area contributed by atoms with E-state index in [9.17, 15) is 19.5 Å². The second kappa shape index (κ2) is 9.59. The Labute approximate surface area is 159 Å². The molecule has 0 spiro atoms. The number of rotatable bonds is 6. The van der Waals surface area contributed by atoms with Crippen molar-refractivity contribution >= 4 is 17.7 Å². The molecule has 3 rings (SSSR count). The number of piperidine rings is 2. The highest BCUT2D eigenvalue weighted by Gasteiger charge is 2.38. The minimum absolute atomic E-state index is 0.305. The summed E-state index contributed by atoms with van der Waals surface area (Å²) in [6.45, 7) is 5.80. The van der Waals surface area contributed by atoms with Gasteiger partial charge < -0.3 is 25.4 Å². The van der Waals surface area contributed by atoms with Gasteiger partial charge in [0.1, 0.15) is 0 Å². The standard InChI is InChI=1S/C18H30N4O5/c23-15(16(18(25)26)27-14-3-7-20-8-4-14)17(24)22-11-9-21(10-12-22)13-1-5-19-6-2-13/h13-14,16,19-20H,1-12H2,(H,25,26). The van der Waals surface area contributed by atoms with Crippen molar-refractivity contribution < 1.29 is 24.2 Å². The van der Waals surface area contributed by atoms with Crippen LogP contribution >= 0.6 is 0 Å². The number of ketones is 1. The molecule has 9 nitrogen and oxygen atoms in total. The van der Waals surface area contributed by atoms with Gasteiger partial charge in [0.2, 0.25) is 6.10 Å². The van der Waals surface area contributed by atoms with Gasteiger partial charge in [-0.15, -0.1) is 0 Å². The normalized spacial score (nSPS) is 24.5. The average Bonchev–Trinajstić information content (AvgIpc) is 2.72. The van der Waals surface area contributed by atoms with Gasteiger partial charge in [-0.1, -0.05) is 0 Å². The number of carbonyl (C=O) groups is 3. The Hall–Kier alpha value is -1.55. The van der Waals surface area contributed by atoms with Gasteiger partial charge in [-0.2, -0.15) is 0 Å². The first-order valence-electron chi connectivity index (χ1n) is 9.93. The smallest absolute Gasteiger partial charge is 0.341 e. The molecule has 9 heteroatoms. The van der Waals surface area contributed by atoms with Crippen LogP contribution in [0.1, 0.15) is 25.7 Å². The number of carbonyl (C=O) groups excluding carboxylic acids is 2. The second-order valence-corrected chi connectivity index (χ2v) is 7.48. The van der Waals surface area contributed by atoms with E-state index >= 15 is 0 Å². The molecule has 0 saturated carbocycles. The van der Waals surface area contributed by atoms with Gasteiger partial charge in [-0.05, 0) is 51.9 Å². The number of nitrogens with zero attached hydrogens (tertiary/aromatic N) is 2. The quantitative estimate of drug-likeness (QED) is 0.383. The van der Waals surface area contributed by atoms with Crippen LogP contribution in [0.3, 0.4) is 0 Å². The molecule has 0 bridgehead atoms. The molecule has 1 unspecified atom stereocenters. The van der Waals surface area contributed by atoms with E-state index in [1.54, 1.807) is 0 Å². The summed E-state index contributed by atoms with van der Waals surface area (Å²) in [6.07, 6.45) is 1.46. The van der Waals surface area contributed by atoms with Gasteiger partial charge in [0, 0.05) is 32.2 Å². The fraction of sp³-hybridized carbons (Fsp3) is 0.833. The minimum Gasteiger partial charge on any atom is -0.479 e. The summed E-state index contributed by atoms with van der Waals surface area (Å²) in [5.74, 6) is -3.09. The van der Waals surface area contributed by atoms with Crippen LogP contribution in [0.2, 0.25) is 0 Å². The van der Waals surface area contributed by atoms with Crippen LogP contribution in [0.4, 0.5) is 0 Å². The summed E-state index contributed by atoms with van der Waals surface area (Å²) in [4.78, 5) is 40.4. The molecule has 0 aromatic carbocycles. The zero-order chi connectivity index (χ0) is 19.2. The zero-order valence-corrected chi connectivity index (χ0v) is 15.7. The molecular weight excluding hydrogens is 352 g/mol. The second-order valence-electron chi connectivity index (χ2n) is 7.48. The summed E-state index contributed by atoms with van der Waals surface area (Å²) in [5, 5.41) is 15.9. The number of carboxylic acids is 1. The number of hydrogen-bond acceptors (Lipinski definition) is 7. The van der Waals surface area contributed by atoms with Crippen LogP contribution in [0.5, 0.6) is 0 Å². The molecule has 152 valence electrons. The first kappa shape index (κ1) is 20.2. The maximum absolute atomic E-state index is 12.6. The van der Waals surface area contributed by atoms with Crippen molar-refractivity contribution in [3.63, 3.8) is 0 Å². The lowest BCUT2D eigenvalue weighted by atomic mass is 10.0. The largest absolute Gasteiger partial charge is 0.479 e. The molecule has 3 saturated heterocycles. The molecule has 3 fully saturated rings. The van der Waals surface area contributed by atoms with Crippen LogP contribution in [-0.2, 0) is 19.1 Å². The van der Waals surface area contributed by atoms with Crippen molar-refractivity contribution in [2.24, 2.45) is 0 Å². The van der Waals surface area contributed by atoms with Gasteiger partial charge in [0.05, 0.1) is 6.10 Å². The zero-order valence-electron chi connectivity index (χ0n) is 15.7. The molecule has 3 aliphatic heterocycles. The lowest BCUT2D eigenvalue weighted by Crippen LogP contribution is -2.56. The predicted molar refractivity (Wildman–Crippen MR) is 97.5 cm³/mol. The highest BCUT2D eigenvalue weighted by Crippen LogP contribution is 2.16. The van der Waals surface area contributed by atoms with E-state index in [2.05, 4.69) is 15.5 Å². The van der Waals surface area contributed by atoms with Crippen molar-refractivity contribution in [3.05, 3.63) is 0 Å². The van der Waals surface area contributed by atoms with Gasteiger partial charge in [-0.3, -0.25) is 14.5 Å².